The maximum atomic E-state index is 13.5. The van der Waals surface area contributed by atoms with Crippen molar-refractivity contribution in [2.24, 2.45) is 22.6 Å². The van der Waals surface area contributed by atoms with Crippen molar-refractivity contribution in [2.45, 2.75) is 31.7 Å². The molecule has 27 heavy (non-hydrogen) atoms. The second kappa shape index (κ2) is 7.67. The maximum Gasteiger partial charge on any atom is 0.234 e. The van der Waals surface area contributed by atoms with Crippen LogP contribution in [0.5, 0.6) is 0 Å². The van der Waals surface area contributed by atoms with Crippen LogP contribution in [0, 0.1) is 11.8 Å². The first-order valence-corrected chi connectivity index (χ1v) is 9.53. The molecule has 4 aliphatic rings. The number of carbonyl (C=O) groups excluding carboxylic acids is 1. The third-order valence-electron chi connectivity index (χ3n) is 5.77. The Morgan fingerprint density at radius 3 is 3.22 bits per heavy atom. The Labute approximate surface area is 157 Å². The third kappa shape index (κ3) is 3.52. The summed E-state index contributed by atoms with van der Waals surface area (Å²) >= 11 is 0. The summed E-state index contributed by atoms with van der Waals surface area (Å²) in [5.74, 6) is 2.13. The Hall–Kier alpha value is -1.81. The van der Waals surface area contributed by atoms with Crippen molar-refractivity contribution in [3.63, 3.8) is 0 Å². The van der Waals surface area contributed by atoms with Gasteiger partial charge in [-0.15, -0.1) is 0 Å². The van der Waals surface area contributed by atoms with Gasteiger partial charge in [0.05, 0.1) is 24.6 Å². The summed E-state index contributed by atoms with van der Waals surface area (Å²) < 4.78 is 13.5. The van der Waals surface area contributed by atoms with E-state index in [1.54, 1.807) is 0 Å². The number of rotatable bonds is 4. The summed E-state index contributed by atoms with van der Waals surface area (Å²) in [7, 11) is 0. The average molecular weight is 378 g/mol. The van der Waals surface area contributed by atoms with Crippen molar-refractivity contribution in [3.8, 4) is 0 Å². The van der Waals surface area contributed by atoms with Gasteiger partial charge in [0, 0.05) is 37.6 Å². The fourth-order valence-electron chi connectivity index (χ4n) is 4.39. The molecule has 0 radical (unpaired) electrons. The first-order chi connectivity index (χ1) is 13.1. The zero-order valence-electron chi connectivity index (χ0n) is 15.4. The number of halogens is 1. The summed E-state index contributed by atoms with van der Waals surface area (Å²) in [5.41, 5.74) is 9.77. The fourth-order valence-corrected chi connectivity index (χ4v) is 4.39. The Morgan fingerprint density at radius 2 is 2.41 bits per heavy atom. The number of nitrogens with zero attached hydrogens (tertiary/aromatic N) is 3. The molecular formula is C17H27FN8O. The van der Waals surface area contributed by atoms with E-state index in [1.807, 2.05) is 0 Å². The molecule has 148 valence electrons. The van der Waals surface area contributed by atoms with Crippen LogP contribution in [0.4, 0.5) is 4.39 Å². The van der Waals surface area contributed by atoms with Gasteiger partial charge in [0.25, 0.3) is 0 Å². The summed E-state index contributed by atoms with van der Waals surface area (Å²) in [6.45, 7) is 5.62. The number of amides is 1. The van der Waals surface area contributed by atoms with E-state index < -0.39 is 12.1 Å². The highest BCUT2D eigenvalue weighted by atomic mass is 19.1. The maximum absolute atomic E-state index is 13.5. The van der Waals surface area contributed by atoms with Crippen molar-refractivity contribution in [1.82, 2.24) is 31.3 Å². The first-order valence-electron chi connectivity index (χ1n) is 9.53. The zero-order chi connectivity index (χ0) is 19.0. The van der Waals surface area contributed by atoms with Gasteiger partial charge in [-0.1, -0.05) is 6.92 Å². The van der Waals surface area contributed by atoms with Crippen LogP contribution in [-0.2, 0) is 4.79 Å². The number of fused-ring (bicyclic) bond motifs is 1. The number of carbonyl (C=O) groups is 1. The molecule has 1 amide bonds. The highest BCUT2D eigenvalue weighted by molar-refractivity contribution is 5.84. The summed E-state index contributed by atoms with van der Waals surface area (Å²) in [4.78, 5) is 19.6. The zero-order valence-corrected chi connectivity index (χ0v) is 15.4. The fraction of sp³-hybridized carbons (Fsp3) is 0.706. The third-order valence-corrected chi connectivity index (χ3v) is 5.77. The van der Waals surface area contributed by atoms with Crippen LogP contribution in [0.3, 0.4) is 0 Å². The lowest BCUT2D eigenvalue weighted by molar-refractivity contribution is -0.125. The van der Waals surface area contributed by atoms with Crippen molar-refractivity contribution < 1.29 is 9.18 Å². The van der Waals surface area contributed by atoms with Gasteiger partial charge < -0.3 is 16.4 Å². The highest BCUT2D eigenvalue weighted by Gasteiger charge is 2.46. The molecule has 4 rings (SSSR count). The van der Waals surface area contributed by atoms with Gasteiger partial charge in [-0.05, 0) is 13.0 Å². The molecule has 2 fully saturated rings. The minimum Gasteiger partial charge on any atom is -0.321 e. The SMILES string of the molecule is CCN1CNCC1C1CCN=C=C1NC(=O)C1C(N)NN2C=C(F)CNC12. The minimum absolute atomic E-state index is 0.0886. The van der Waals surface area contributed by atoms with Crippen molar-refractivity contribution in [1.29, 1.82) is 0 Å². The lowest BCUT2D eigenvalue weighted by Crippen LogP contribution is -2.53. The van der Waals surface area contributed by atoms with Gasteiger partial charge >= 0.3 is 0 Å². The largest absolute Gasteiger partial charge is 0.321 e. The standard InChI is InChI=1S/C17H27FN8O/c1-2-25-9-21-7-13(25)11-3-4-20-6-12(11)23-17(27)14-15(19)24-26-8-10(18)5-22-16(14)26/h8,11,13-16,21-22,24H,2-5,7,9,19H2,1H3,(H,23,27). The number of aliphatic imine (C=N–C) groups is 1. The Morgan fingerprint density at radius 1 is 1.56 bits per heavy atom. The molecule has 4 aliphatic heterocycles. The van der Waals surface area contributed by atoms with E-state index in [-0.39, 0.29) is 30.4 Å². The second-order valence-electron chi connectivity index (χ2n) is 7.37. The van der Waals surface area contributed by atoms with Crippen LogP contribution in [0.1, 0.15) is 13.3 Å². The number of hydrazine groups is 1. The molecule has 0 aromatic carbocycles. The molecule has 6 N–H and O–H groups in total. The quantitative estimate of drug-likeness (QED) is 0.400. The monoisotopic (exact) mass is 378 g/mol. The van der Waals surface area contributed by atoms with E-state index in [9.17, 15) is 9.18 Å². The van der Waals surface area contributed by atoms with Gasteiger partial charge in [0.15, 0.2) is 0 Å². The normalized spacial score (nSPS) is 36.4. The predicted octanol–water partition coefficient (Wildman–Crippen LogP) is -1.61. The topological polar surface area (TPSA) is 110 Å². The molecule has 0 spiro atoms. The second-order valence-corrected chi connectivity index (χ2v) is 7.37. The molecule has 0 aromatic heterocycles. The molecule has 5 unspecified atom stereocenters. The van der Waals surface area contributed by atoms with E-state index in [0.717, 1.165) is 31.9 Å². The number of hydrogen-bond acceptors (Lipinski definition) is 8. The summed E-state index contributed by atoms with van der Waals surface area (Å²) in [5, 5.41) is 11.0. The van der Waals surface area contributed by atoms with E-state index in [0.29, 0.717) is 12.6 Å². The van der Waals surface area contributed by atoms with E-state index >= 15 is 0 Å². The molecule has 9 nitrogen and oxygen atoms in total. The lowest BCUT2D eigenvalue weighted by Gasteiger charge is -2.33. The molecule has 0 aromatic rings. The smallest absolute Gasteiger partial charge is 0.234 e. The van der Waals surface area contributed by atoms with E-state index in [2.05, 4.69) is 44.1 Å². The summed E-state index contributed by atoms with van der Waals surface area (Å²) in [6.07, 6.45) is 1.23. The first kappa shape index (κ1) is 18.5. The molecule has 10 heteroatoms. The molecular weight excluding hydrogens is 351 g/mol. The molecule has 0 aliphatic carbocycles. The Bertz CT molecular complexity index is 690. The molecule has 2 saturated heterocycles. The lowest BCUT2D eigenvalue weighted by atomic mass is 9.90. The van der Waals surface area contributed by atoms with Gasteiger partial charge in [0.2, 0.25) is 5.91 Å². The van der Waals surface area contributed by atoms with Crippen molar-refractivity contribution >= 4 is 11.8 Å². The number of hydrogen-bond donors (Lipinski definition) is 5. The van der Waals surface area contributed by atoms with Gasteiger partial charge in [-0.3, -0.25) is 20.0 Å². The number of nitrogens with one attached hydrogen (secondary N) is 4. The Balaban J connectivity index is 1.49. The average Bonchev–Trinajstić information content (AvgIpc) is 3.24. The van der Waals surface area contributed by atoms with Gasteiger partial charge in [-0.25, -0.2) is 14.8 Å². The molecule has 0 saturated carbocycles. The minimum atomic E-state index is -0.607. The predicted molar refractivity (Wildman–Crippen MR) is 98.5 cm³/mol. The van der Waals surface area contributed by atoms with Crippen LogP contribution in [0.15, 0.2) is 22.7 Å². The van der Waals surface area contributed by atoms with Crippen LogP contribution in [-0.4, -0.2) is 72.9 Å². The van der Waals surface area contributed by atoms with E-state index in [4.69, 9.17) is 5.73 Å². The van der Waals surface area contributed by atoms with Crippen LogP contribution in [0.2, 0.25) is 0 Å². The van der Waals surface area contributed by atoms with Gasteiger partial charge in [0.1, 0.15) is 17.9 Å². The highest BCUT2D eigenvalue weighted by Crippen LogP contribution is 2.27. The molecule has 5 atom stereocenters. The van der Waals surface area contributed by atoms with Crippen molar-refractivity contribution in [3.05, 3.63) is 17.7 Å². The molecule has 0 bridgehead atoms. The van der Waals surface area contributed by atoms with E-state index in [1.165, 1.54) is 11.2 Å². The van der Waals surface area contributed by atoms with Crippen LogP contribution < -0.4 is 27.1 Å². The van der Waals surface area contributed by atoms with Gasteiger partial charge in [-0.2, -0.15) is 0 Å². The number of nitrogens with two attached hydrogens (primary N) is 1. The number of likely N-dealkylation sites (N-methyl/N-ethyl adjacent to an activating group) is 1. The van der Waals surface area contributed by atoms with Crippen LogP contribution >= 0.6 is 0 Å². The Kier molecular flexibility index (Phi) is 5.27. The van der Waals surface area contributed by atoms with Crippen molar-refractivity contribution in [2.75, 3.05) is 32.8 Å². The van der Waals surface area contributed by atoms with Crippen LogP contribution in [0.25, 0.3) is 0 Å². The summed E-state index contributed by atoms with van der Waals surface area (Å²) in [6, 6.07) is 0.310. The molecule has 4 heterocycles.